The normalized spacial score (nSPS) is 10.9. The fourth-order valence-corrected chi connectivity index (χ4v) is 1.88. The second-order valence-electron chi connectivity index (χ2n) is 3.65. The Morgan fingerprint density at radius 3 is 2.78 bits per heavy atom. The summed E-state index contributed by atoms with van der Waals surface area (Å²) in [6.07, 6.45) is 0.772. The molecule has 0 fully saturated rings. The van der Waals surface area contributed by atoms with Crippen molar-refractivity contribution in [3.05, 3.63) is 33.8 Å². The van der Waals surface area contributed by atoms with E-state index in [-0.39, 0.29) is 16.6 Å². The van der Waals surface area contributed by atoms with Crippen molar-refractivity contribution in [2.75, 3.05) is 25.6 Å². The van der Waals surface area contributed by atoms with Crippen LogP contribution in [-0.4, -0.2) is 25.6 Å². The molecule has 1 aromatic rings. The summed E-state index contributed by atoms with van der Waals surface area (Å²) in [7, 11) is 0. The molecule has 0 radical (unpaired) electrons. The van der Waals surface area contributed by atoms with Gasteiger partial charge in [0.1, 0.15) is 11.6 Å². The van der Waals surface area contributed by atoms with Gasteiger partial charge in [0.2, 0.25) is 0 Å². The molecule has 102 valence electrons. The number of halogens is 4. The standard InChI is InChI=1S/C12H15BrClF2NO/c13-10-2-3-11(15)9(12(10)16)8-17-5-1-6-18-7-4-14/h2-3,17H,1,4-8H2. The van der Waals surface area contributed by atoms with Crippen LogP contribution in [0.2, 0.25) is 0 Å². The number of ether oxygens (including phenoxy) is 1. The number of nitrogens with one attached hydrogen (secondary N) is 1. The first-order valence-electron chi connectivity index (χ1n) is 5.63. The van der Waals surface area contributed by atoms with Gasteiger partial charge >= 0.3 is 0 Å². The molecule has 0 aromatic heterocycles. The largest absolute Gasteiger partial charge is 0.380 e. The minimum absolute atomic E-state index is 0.0473. The highest BCUT2D eigenvalue weighted by Crippen LogP contribution is 2.21. The molecule has 0 spiro atoms. The fraction of sp³-hybridized carbons (Fsp3) is 0.500. The molecular weight excluding hydrogens is 327 g/mol. The minimum Gasteiger partial charge on any atom is -0.380 e. The number of hydrogen-bond acceptors (Lipinski definition) is 2. The lowest BCUT2D eigenvalue weighted by Crippen LogP contribution is -2.18. The Morgan fingerprint density at radius 2 is 2.06 bits per heavy atom. The van der Waals surface area contributed by atoms with Crippen LogP contribution in [0.15, 0.2) is 16.6 Å². The summed E-state index contributed by atoms with van der Waals surface area (Å²) in [5.41, 5.74) is 0.0473. The van der Waals surface area contributed by atoms with E-state index in [2.05, 4.69) is 21.2 Å². The first kappa shape index (κ1) is 15.8. The second kappa shape index (κ2) is 8.80. The maximum Gasteiger partial charge on any atom is 0.144 e. The van der Waals surface area contributed by atoms with E-state index in [1.807, 2.05) is 0 Å². The van der Waals surface area contributed by atoms with Crippen molar-refractivity contribution in [2.45, 2.75) is 13.0 Å². The van der Waals surface area contributed by atoms with E-state index in [9.17, 15) is 8.78 Å². The lowest BCUT2D eigenvalue weighted by Gasteiger charge is -2.08. The van der Waals surface area contributed by atoms with Gasteiger partial charge in [-0.1, -0.05) is 0 Å². The Labute approximate surface area is 119 Å². The number of hydrogen-bond donors (Lipinski definition) is 1. The van der Waals surface area contributed by atoms with Crippen LogP contribution >= 0.6 is 27.5 Å². The van der Waals surface area contributed by atoms with Crippen molar-refractivity contribution >= 4 is 27.5 Å². The van der Waals surface area contributed by atoms with Gasteiger partial charge in [0.25, 0.3) is 0 Å². The predicted octanol–water partition coefficient (Wildman–Crippen LogP) is 3.46. The van der Waals surface area contributed by atoms with Gasteiger partial charge in [0.15, 0.2) is 0 Å². The van der Waals surface area contributed by atoms with Crippen molar-refractivity contribution in [3.63, 3.8) is 0 Å². The van der Waals surface area contributed by atoms with E-state index >= 15 is 0 Å². The quantitative estimate of drug-likeness (QED) is 0.444. The average Bonchev–Trinajstić information content (AvgIpc) is 2.36. The van der Waals surface area contributed by atoms with Gasteiger partial charge in [-0.3, -0.25) is 0 Å². The molecular formula is C12H15BrClF2NO. The van der Waals surface area contributed by atoms with E-state index in [0.29, 0.717) is 25.6 Å². The van der Waals surface area contributed by atoms with Gasteiger partial charge < -0.3 is 10.1 Å². The van der Waals surface area contributed by atoms with Crippen molar-refractivity contribution in [2.24, 2.45) is 0 Å². The van der Waals surface area contributed by atoms with E-state index in [4.69, 9.17) is 16.3 Å². The van der Waals surface area contributed by atoms with Gasteiger partial charge in [0, 0.05) is 24.6 Å². The van der Waals surface area contributed by atoms with Crippen LogP contribution in [0, 0.1) is 11.6 Å². The third kappa shape index (κ3) is 5.18. The summed E-state index contributed by atoms with van der Waals surface area (Å²) >= 11 is 8.47. The molecule has 0 aliphatic carbocycles. The van der Waals surface area contributed by atoms with E-state index in [1.165, 1.54) is 12.1 Å². The zero-order chi connectivity index (χ0) is 13.4. The summed E-state index contributed by atoms with van der Waals surface area (Å²) in [6.45, 7) is 1.90. The van der Waals surface area contributed by atoms with Gasteiger partial charge in [-0.15, -0.1) is 11.6 Å². The number of benzene rings is 1. The summed E-state index contributed by atoms with van der Waals surface area (Å²) in [5.74, 6) is -0.621. The zero-order valence-corrected chi connectivity index (χ0v) is 12.2. The maximum atomic E-state index is 13.6. The summed E-state index contributed by atoms with van der Waals surface area (Å²) in [4.78, 5) is 0. The smallest absolute Gasteiger partial charge is 0.144 e. The van der Waals surface area contributed by atoms with E-state index < -0.39 is 11.6 Å². The van der Waals surface area contributed by atoms with E-state index in [0.717, 1.165) is 6.42 Å². The van der Waals surface area contributed by atoms with Crippen LogP contribution in [0.3, 0.4) is 0 Å². The first-order chi connectivity index (χ1) is 8.66. The predicted molar refractivity (Wildman–Crippen MR) is 71.9 cm³/mol. The Balaban J connectivity index is 2.29. The van der Waals surface area contributed by atoms with Crippen LogP contribution in [0.25, 0.3) is 0 Å². The van der Waals surface area contributed by atoms with Crippen molar-refractivity contribution in [3.8, 4) is 0 Å². The van der Waals surface area contributed by atoms with Crippen LogP contribution in [0.5, 0.6) is 0 Å². The van der Waals surface area contributed by atoms with Gasteiger partial charge in [-0.25, -0.2) is 8.78 Å². The van der Waals surface area contributed by atoms with Crippen molar-refractivity contribution in [1.29, 1.82) is 0 Å². The lowest BCUT2D eigenvalue weighted by molar-refractivity contribution is 0.146. The van der Waals surface area contributed by atoms with Gasteiger partial charge in [-0.05, 0) is 41.0 Å². The number of alkyl halides is 1. The Morgan fingerprint density at radius 1 is 1.28 bits per heavy atom. The molecule has 0 saturated heterocycles. The Kier molecular flexibility index (Phi) is 7.74. The van der Waals surface area contributed by atoms with Crippen LogP contribution < -0.4 is 5.32 Å². The molecule has 0 aliphatic rings. The average molecular weight is 343 g/mol. The molecule has 0 saturated carbocycles. The monoisotopic (exact) mass is 341 g/mol. The minimum atomic E-state index is -0.555. The van der Waals surface area contributed by atoms with Gasteiger partial charge in [0.05, 0.1) is 11.1 Å². The highest BCUT2D eigenvalue weighted by Gasteiger charge is 2.11. The molecule has 0 atom stereocenters. The highest BCUT2D eigenvalue weighted by molar-refractivity contribution is 9.10. The second-order valence-corrected chi connectivity index (χ2v) is 4.89. The fourth-order valence-electron chi connectivity index (χ4n) is 1.40. The third-order valence-electron chi connectivity index (χ3n) is 2.30. The molecule has 1 rings (SSSR count). The Hall–Kier alpha value is -0.230. The zero-order valence-electron chi connectivity index (χ0n) is 9.82. The van der Waals surface area contributed by atoms with Crippen molar-refractivity contribution in [1.82, 2.24) is 5.32 Å². The molecule has 6 heteroatoms. The molecule has 18 heavy (non-hydrogen) atoms. The molecule has 0 aliphatic heterocycles. The summed E-state index contributed by atoms with van der Waals surface area (Å²) in [6, 6.07) is 2.60. The SMILES string of the molecule is Fc1ccc(Br)c(F)c1CNCCCOCCCl. The Bertz CT molecular complexity index is 379. The first-order valence-corrected chi connectivity index (χ1v) is 6.96. The summed E-state index contributed by atoms with van der Waals surface area (Å²) < 4.78 is 32.4. The topological polar surface area (TPSA) is 21.3 Å². The lowest BCUT2D eigenvalue weighted by atomic mass is 10.2. The van der Waals surface area contributed by atoms with Crippen LogP contribution in [-0.2, 0) is 11.3 Å². The van der Waals surface area contributed by atoms with Crippen LogP contribution in [0.1, 0.15) is 12.0 Å². The molecule has 2 nitrogen and oxygen atoms in total. The molecule has 0 heterocycles. The molecule has 0 unspecified atom stereocenters. The highest BCUT2D eigenvalue weighted by atomic mass is 79.9. The third-order valence-corrected chi connectivity index (χ3v) is 3.07. The van der Waals surface area contributed by atoms with E-state index in [1.54, 1.807) is 0 Å². The molecule has 0 bridgehead atoms. The van der Waals surface area contributed by atoms with Crippen molar-refractivity contribution < 1.29 is 13.5 Å². The van der Waals surface area contributed by atoms with Crippen LogP contribution in [0.4, 0.5) is 8.78 Å². The van der Waals surface area contributed by atoms with Gasteiger partial charge in [-0.2, -0.15) is 0 Å². The maximum absolute atomic E-state index is 13.6. The molecule has 0 amide bonds. The molecule has 1 aromatic carbocycles. The molecule has 1 N–H and O–H groups in total. The number of rotatable bonds is 8. The summed E-state index contributed by atoms with van der Waals surface area (Å²) in [5, 5.41) is 2.97.